The van der Waals surface area contributed by atoms with Crippen LogP contribution in [0.15, 0.2) is 35.3 Å². The number of aromatic amines is 2. The van der Waals surface area contributed by atoms with Gasteiger partial charge in [0.05, 0.1) is 5.39 Å². The van der Waals surface area contributed by atoms with Crippen molar-refractivity contribution in [2.45, 2.75) is 12.8 Å². The number of nitrogens with one attached hydrogen (secondary N) is 3. The van der Waals surface area contributed by atoms with Crippen LogP contribution < -0.4 is 16.6 Å². The highest BCUT2D eigenvalue weighted by molar-refractivity contribution is 5.95. The minimum atomic E-state index is -1.10. The fourth-order valence-corrected chi connectivity index (χ4v) is 2.68. The lowest BCUT2D eigenvalue weighted by molar-refractivity contribution is -0.135. The van der Waals surface area contributed by atoms with Gasteiger partial charge in [-0.25, -0.2) is 0 Å². The van der Waals surface area contributed by atoms with Crippen LogP contribution in [0.2, 0.25) is 0 Å². The van der Waals surface area contributed by atoms with Crippen LogP contribution in [-0.4, -0.2) is 38.5 Å². The number of carbonyl (C=O) groups is 2. The van der Waals surface area contributed by atoms with Crippen LogP contribution in [0, 0.1) is 0 Å². The van der Waals surface area contributed by atoms with Crippen molar-refractivity contribution in [3.05, 3.63) is 57.5 Å². The fourth-order valence-electron chi connectivity index (χ4n) is 2.68. The van der Waals surface area contributed by atoms with E-state index in [4.69, 9.17) is 10.8 Å². The zero-order valence-electron chi connectivity index (χ0n) is 13.7. The molecule has 0 spiro atoms. The number of nitrogen functional groups attached to an aromatic ring is 1. The number of anilines is 1. The van der Waals surface area contributed by atoms with Crippen molar-refractivity contribution in [1.82, 2.24) is 20.3 Å². The molecule has 0 radical (unpaired) electrons. The van der Waals surface area contributed by atoms with Crippen LogP contribution in [0.5, 0.6) is 0 Å². The molecule has 3 rings (SSSR count). The molecule has 0 atom stereocenters. The number of amides is 1. The van der Waals surface area contributed by atoms with Gasteiger partial charge in [0.25, 0.3) is 11.5 Å². The molecule has 1 aromatic carbocycles. The Morgan fingerprint density at radius 2 is 1.92 bits per heavy atom. The minimum Gasteiger partial charge on any atom is -0.480 e. The van der Waals surface area contributed by atoms with Gasteiger partial charge in [-0.15, -0.1) is 0 Å². The third kappa shape index (κ3) is 3.72. The number of benzene rings is 1. The van der Waals surface area contributed by atoms with Crippen LogP contribution in [0.1, 0.15) is 21.5 Å². The Balaban J connectivity index is 1.68. The number of carboxylic acids is 1. The summed E-state index contributed by atoms with van der Waals surface area (Å²) in [6, 6.07) is 6.86. The van der Waals surface area contributed by atoms with Crippen molar-refractivity contribution < 1.29 is 14.7 Å². The van der Waals surface area contributed by atoms with Gasteiger partial charge in [-0.1, -0.05) is 12.1 Å². The van der Waals surface area contributed by atoms with Crippen LogP contribution >= 0.6 is 0 Å². The molecule has 0 aliphatic heterocycles. The Labute approximate surface area is 147 Å². The molecule has 0 saturated heterocycles. The van der Waals surface area contributed by atoms with Crippen molar-refractivity contribution >= 4 is 28.9 Å². The number of aromatic nitrogens is 3. The van der Waals surface area contributed by atoms with Crippen molar-refractivity contribution in [1.29, 1.82) is 0 Å². The van der Waals surface area contributed by atoms with E-state index >= 15 is 0 Å². The van der Waals surface area contributed by atoms with Crippen LogP contribution in [0.3, 0.4) is 0 Å². The van der Waals surface area contributed by atoms with Gasteiger partial charge in [-0.3, -0.25) is 19.4 Å². The lowest BCUT2D eigenvalue weighted by Crippen LogP contribution is -2.29. The maximum absolute atomic E-state index is 12.0. The van der Waals surface area contributed by atoms with Crippen LogP contribution in [-0.2, 0) is 17.6 Å². The third-order valence-electron chi connectivity index (χ3n) is 3.94. The van der Waals surface area contributed by atoms with Crippen molar-refractivity contribution in [3.63, 3.8) is 0 Å². The van der Waals surface area contributed by atoms with Crippen LogP contribution in [0.4, 0.5) is 5.95 Å². The van der Waals surface area contributed by atoms with Gasteiger partial charge in [-0.05, 0) is 36.1 Å². The number of H-pyrrole nitrogens is 2. The fraction of sp³-hybridized carbons (Fsp3) is 0.176. The first-order valence-corrected chi connectivity index (χ1v) is 7.88. The summed E-state index contributed by atoms with van der Waals surface area (Å²) in [6.45, 7) is -0.422. The first kappa shape index (κ1) is 17.2. The summed E-state index contributed by atoms with van der Waals surface area (Å²) in [4.78, 5) is 43.8. The Kier molecular flexibility index (Phi) is 4.70. The predicted octanol–water partition coefficient (Wildman–Crippen LogP) is 0.433. The average molecular weight is 355 g/mol. The molecule has 6 N–H and O–H groups in total. The molecule has 134 valence electrons. The number of aliphatic carboxylic acids is 1. The van der Waals surface area contributed by atoms with E-state index in [1.807, 2.05) is 0 Å². The molecule has 9 heteroatoms. The molecule has 1 amide bonds. The molecule has 0 fully saturated rings. The van der Waals surface area contributed by atoms with E-state index in [-0.39, 0.29) is 11.5 Å². The first-order chi connectivity index (χ1) is 12.4. The lowest BCUT2D eigenvalue weighted by Gasteiger charge is -2.05. The molecule has 2 heterocycles. The number of aryl methyl sites for hydroxylation is 2. The van der Waals surface area contributed by atoms with Gasteiger partial charge in [-0.2, -0.15) is 4.98 Å². The number of nitrogens with zero attached hydrogens (tertiary/aromatic N) is 1. The second-order valence-corrected chi connectivity index (χ2v) is 5.76. The van der Waals surface area contributed by atoms with Gasteiger partial charge in [0.15, 0.2) is 0 Å². The Hall–Kier alpha value is -3.62. The lowest BCUT2D eigenvalue weighted by atomic mass is 10.0. The van der Waals surface area contributed by atoms with Gasteiger partial charge >= 0.3 is 5.97 Å². The van der Waals surface area contributed by atoms with E-state index in [0.717, 1.165) is 11.1 Å². The molecular weight excluding hydrogens is 338 g/mol. The number of hydrogen-bond acceptors (Lipinski definition) is 5. The quantitative estimate of drug-likeness (QED) is 0.432. The standard InChI is InChI=1S/C17H17N5O4/c18-17-21-14-13(16(26)22-17)11(7-19-14)6-3-9-1-4-10(5-2-9)15(25)20-8-12(23)24/h1-2,4-5,7H,3,6,8H2,(H,20,25)(H,23,24)(H4,18,19,21,22,26). The zero-order valence-corrected chi connectivity index (χ0v) is 13.7. The summed E-state index contributed by atoms with van der Waals surface area (Å²) in [7, 11) is 0. The zero-order chi connectivity index (χ0) is 18.7. The number of nitrogens with two attached hydrogens (primary N) is 1. The summed E-state index contributed by atoms with van der Waals surface area (Å²) in [5.74, 6) is -1.47. The molecule has 0 bridgehead atoms. The van der Waals surface area contributed by atoms with Crippen LogP contribution in [0.25, 0.3) is 11.0 Å². The number of carbonyl (C=O) groups excluding carboxylic acids is 1. The van der Waals surface area contributed by atoms with E-state index in [0.29, 0.717) is 29.4 Å². The SMILES string of the molecule is Nc1nc2[nH]cc(CCc3ccc(C(=O)NCC(=O)O)cc3)c2c(=O)[nH]1. The molecule has 2 aromatic heterocycles. The normalized spacial score (nSPS) is 10.8. The van der Waals surface area contributed by atoms with Gasteiger partial charge < -0.3 is 21.1 Å². The van der Waals surface area contributed by atoms with E-state index in [1.165, 1.54) is 0 Å². The average Bonchev–Trinajstić information content (AvgIpc) is 3.01. The molecule has 9 nitrogen and oxygen atoms in total. The van der Waals surface area contributed by atoms with E-state index in [9.17, 15) is 14.4 Å². The van der Waals surface area contributed by atoms with Gasteiger partial charge in [0, 0.05) is 11.8 Å². The van der Waals surface area contributed by atoms with Gasteiger partial charge in [0.1, 0.15) is 12.2 Å². The van der Waals surface area contributed by atoms with Crippen molar-refractivity contribution in [2.24, 2.45) is 0 Å². The third-order valence-corrected chi connectivity index (χ3v) is 3.94. The number of fused-ring (bicyclic) bond motifs is 1. The highest BCUT2D eigenvalue weighted by Gasteiger charge is 2.11. The molecule has 26 heavy (non-hydrogen) atoms. The van der Waals surface area contributed by atoms with E-state index in [2.05, 4.69) is 20.3 Å². The second-order valence-electron chi connectivity index (χ2n) is 5.76. The Morgan fingerprint density at radius 1 is 1.19 bits per heavy atom. The van der Waals surface area contributed by atoms with Crippen molar-refractivity contribution in [3.8, 4) is 0 Å². The molecule has 0 saturated carbocycles. The molecule has 3 aromatic rings. The number of hydrogen-bond donors (Lipinski definition) is 5. The summed E-state index contributed by atoms with van der Waals surface area (Å²) in [6.07, 6.45) is 3.01. The largest absolute Gasteiger partial charge is 0.480 e. The second kappa shape index (κ2) is 7.09. The maximum Gasteiger partial charge on any atom is 0.322 e. The highest BCUT2D eigenvalue weighted by atomic mass is 16.4. The molecule has 0 unspecified atom stereocenters. The number of rotatable bonds is 6. The maximum atomic E-state index is 12.0. The highest BCUT2D eigenvalue weighted by Crippen LogP contribution is 2.16. The molecular formula is C17H17N5O4. The molecule has 0 aliphatic rings. The van der Waals surface area contributed by atoms with E-state index in [1.54, 1.807) is 30.5 Å². The van der Waals surface area contributed by atoms with Gasteiger partial charge in [0.2, 0.25) is 5.95 Å². The monoisotopic (exact) mass is 355 g/mol. The number of carboxylic acid groups (broad SMARTS) is 1. The minimum absolute atomic E-state index is 0.0627. The summed E-state index contributed by atoms with van der Waals surface area (Å²) < 4.78 is 0. The summed E-state index contributed by atoms with van der Waals surface area (Å²) in [5.41, 5.74) is 7.89. The van der Waals surface area contributed by atoms with E-state index < -0.39 is 18.4 Å². The topological polar surface area (TPSA) is 154 Å². The Morgan fingerprint density at radius 3 is 2.62 bits per heavy atom. The predicted molar refractivity (Wildman–Crippen MR) is 94.9 cm³/mol. The summed E-state index contributed by atoms with van der Waals surface area (Å²) >= 11 is 0. The smallest absolute Gasteiger partial charge is 0.322 e. The Bertz CT molecular complexity index is 1020. The molecule has 0 aliphatic carbocycles. The summed E-state index contributed by atoms with van der Waals surface area (Å²) in [5, 5.41) is 11.4. The van der Waals surface area contributed by atoms with Crippen molar-refractivity contribution in [2.75, 3.05) is 12.3 Å². The first-order valence-electron chi connectivity index (χ1n) is 7.88.